The third-order valence-corrected chi connectivity index (χ3v) is 5.76. The highest BCUT2D eigenvalue weighted by atomic mass is 32.2. The highest BCUT2D eigenvalue weighted by Crippen LogP contribution is 2.30. The number of alkyl halides is 3. The summed E-state index contributed by atoms with van der Waals surface area (Å²) in [6.45, 7) is 0.130. The number of amides is 1. The Hall–Kier alpha value is -3.60. The number of rotatable bonds is 8. The van der Waals surface area contributed by atoms with E-state index in [-0.39, 0.29) is 35.0 Å². The summed E-state index contributed by atoms with van der Waals surface area (Å²) in [4.78, 5) is 12.1. The number of nitrogens with one attached hydrogen (secondary N) is 2. The molecule has 1 amide bonds. The van der Waals surface area contributed by atoms with Gasteiger partial charge in [0.05, 0.1) is 17.0 Å². The van der Waals surface area contributed by atoms with Crippen molar-refractivity contribution in [2.75, 3.05) is 17.9 Å². The van der Waals surface area contributed by atoms with Crippen molar-refractivity contribution in [3.63, 3.8) is 0 Å². The Morgan fingerprint density at radius 1 is 0.879 bits per heavy atom. The fourth-order valence-corrected chi connectivity index (χ4v) is 3.75. The third-order valence-electron chi connectivity index (χ3n) is 4.36. The predicted molar refractivity (Wildman–Crippen MR) is 113 cm³/mol. The molecule has 0 bridgehead atoms. The maximum absolute atomic E-state index is 13.0. The van der Waals surface area contributed by atoms with Gasteiger partial charge in [0.2, 0.25) is 0 Å². The first-order valence-corrected chi connectivity index (χ1v) is 11.0. The fraction of sp³-hybridized carbons (Fsp3) is 0.136. The van der Waals surface area contributed by atoms with Crippen LogP contribution in [0.1, 0.15) is 15.9 Å². The first-order chi connectivity index (χ1) is 15.5. The molecule has 0 heterocycles. The smallest absolute Gasteiger partial charge is 0.416 e. The summed E-state index contributed by atoms with van der Waals surface area (Å²) in [6.07, 6.45) is -4.43. The average molecular weight is 482 g/mol. The molecular formula is C22H18F4N2O4S. The van der Waals surface area contributed by atoms with E-state index in [2.05, 4.69) is 10.0 Å². The van der Waals surface area contributed by atoms with E-state index >= 15 is 0 Å². The molecule has 0 unspecified atom stereocenters. The lowest BCUT2D eigenvalue weighted by Gasteiger charge is -2.11. The van der Waals surface area contributed by atoms with E-state index in [9.17, 15) is 30.8 Å². The average Bonchev–Trinajstić information content (AvgIpc) is 2.77. The van der Waals surface area contributed by atoms with E-state index in [1.807, 2.05) is 0 Å². The molecule has 174 valence electrons. The number of carbonyl (C=O) groups excluding carboxylic acids is 1. The SMILES string of the molecule is O=C(NCCOc1ccc(C(F)(F)F)cc1)c1ccc(NS(=O)(=O)c2ccc(F)cc2)cc1. The number of sulfonamides is 1. The molecule has 0 spiro atoms. The van der Waals surface area contributed by atoms with Gasteiger partial charge < -0.3 is 10.1 Å². The molecular weight excluding hydrogens is 464 g/mol. The van der Waals surface area contributed by atoms with Crippen molar-refractivity contribution in [1.29, 1.82) is 0 Å². The minimum atomic E-state index is -4.43. The molecule has 2 N–H and O–H groups in total. The Bertz CT molecular complexity index is 1200. The lowest BCUT2D eigenvalue weighted by molar-refractivity contribution is -0.137. The van der Waals surface area contributed by atoms with Gasteiger partial charge in [-0.05, 0) is 72.8 Å². The number of ether oxygens (including phenoxy) is 1. The van der Waals surface area contributed by atoms with Crippen LogP contribution < -0.4 is 14.8 Å². The van der Waals surface area contributed by atoms with Crippen molar-refractivity contribution >= 4 is 21.6 Å². The van der Waals surface area contributed by atoms with Crippen molar-refractivity contribution in [2.45, 2.75) is 11.1 Å². The Kier molecular flexibility index (Phi) is 7.22. The number of hydrogen-bond acceptors (Lipinski definition) is 4. The van der Waals surface area contributed by atoms with E-state index < -0.39 is 33.5 Å². The van der Waals surface area contributed by atoms with Gasteiger partial charge in [0.25, 0.3) is 15.9 Å². The van der Waals surface area contributed by atoms with Crippen LogP contribution in [-0.4, -0.2) is 27.5 Å². The fourth-order valence-electron chi connectivity index (χ4n) is 2.69. The first kappa shape index (κ1) is 24.1. The summed E-state index contributed by atoms with van der Waals surface area (Å²) in [5, 5.41) is 2.59. The summed E-state index contributed by atoms with van der Waals surface area (Å²) in [5.41, 5.74) is -0.317. The van der Waals surface area contributed by atoms with Gasteiger partial charge in [-0.3, -0.25) is 9.52 Å². The van der Waals surface area contributed by atoms with Gasteiger partial charge in [-0.2, -0.15) is 13.2 Å². The second kappa shape index (κ2) is 9.90. The van der Waals surface area contributed by atoms with Crippen molar-refractivity contribution in [3.8, 4) is 5.75 Å². The van der Waals surface area contributed by atoms with Crippen LogP contribution in [0, 0.1) is 5.82 Å². The summed E-state index contributed by atoms with van der Waals surface area (Å²) < 4.78 is 82.8. The van der Waals surface area contributed by atoms with Gasteiger partial charge in [0, 0.05) is 11.3 Å². The zero-order chi connectivity index (χ0) is 24.1. The molecule has 0 aromatic heterocycles. The molecule has 33 heavy (non-hydrogen) atoms. The zero-order valence-corrected chi connectivity index (χ0v) is 17.7. The van der Waals surface area contributed by atoms with Crippen LogP contribution in [-0.2, 0) is 16.2 Å². The predicted octanol–water partition coefficient (Wildman–Crippen LogP) is 4.45. The Balaban J connectivity index is 1.48. The molecule has 11 heteroatoms. The molecule has 0 fully saturated rings. The quantitative estimate of drug-likeness (QED) is 0.367. The monoisotopic (exact) mass is 482 g/mol. The highest BCUT2D eigenvalue weighted by Gasteiger charge is 2.30. The van der Waals surface area contributed by atoms with Crippen LogP contribution in [0.2, 0.25) is 0 Å². The topological polar surface area (TPSA) is 84.5 Å². The maximum atomic E-state index is 13.0. The lowest BCUT2D eigenvalue weighted by Crippen LogP contribution is -2.28. The van der Waals surface area contributed by atoms with Crippen LogP contribution in [0.5, 0.6) is 5.75 Å². The summed E-state index contributed by atoms with van der Waals surface area (Å²) >= 11 is 0. The standard InChI is InChI=1S/C22H18F4N2O4S/c23-17-5-11-20(12-6-17)33(30,31)28-18-7-1-15(2-8-18)21(29)27-13-14-32-19-9-3-16(4-10-19)22(24,25)26/h1-12,28H,13-14H2,(H,27,29). The molecule has 6 nitrogen and oxygen atoms in total. The first-order valence-electron chi connectivity index (χ1n) is 9.51. The number of anilines is 1. The van der Waals surface area contributed by atoms with Crippen molar-refractivity contribution in [1.82, 2.24) is 5.32 Å². The van der Waals surface area contributed by atoms with Crippen LogP contribution in [0.4, 0.5) is 23.2 Å². The minimum absolute atomic E-state index is 0.0344. The second-order valence-electron chi connectivity index (χ2n) is 6.76. The van der Waals surface area contributed by atoms with Gasteiger partial charge in [0.15, 0.2) is 0 Å². The minimum Gasteiger partial charge on any atom is -0.492 e. The van der Waals surface area contributed by atoms with Gasteiger partial charge >= 0.3 is 6.18 Å². The van der Waals surface area contributed by atoms with Gasteiger partial charge in [-0.25, -0.2) is 12.8 Å². The van der Waals surface area contributed by atoms with Crippen molar-refractivity contribution in [2.24, 2.45) is 0 Å². The summed E-state index contributed by atoms with van der Waals surface area (Å²) in [5.74, 6) is -0.775. The second-order valence-corrected chi connectivity index (χ2v) is 8.45. The lowest BCUT2D eigenvalue weighted by atomic mass is 10.2. The molecule has 3 rings (SSSR count). The molecule has 0 atom stereocenters. The number of benzene rings is 3. The molecule has 3 aromatic carbocycles. The molecule has 0 aliphatic heterocycles. The zero-order valence-electron chi connectivity index (χ0n) is 16.9. The van der Waals surface area contributed by atoms with Gasteiger partial charge in [-0.15, -0.1) is 0 Å². The van der Waals surface area contributed by atoms with E-state index in [1.54, 1.807) is 0 Å². The largest absolute Gasteiger partial charge is 0.492 e. The third kappa shape index (κ3) is 6.69. The Morgan fingerprint density at radius 3 is 2.06 bits per heavy atom. The van der Waals surface area contributed by atoms with Crippen molar-refractivity contribution < 1.29 is 35.5 Å². The molecule has 3 aromatic rings. The molecule has 0 saturated carbocycles. The number of hydrogen-bond donors (Lipinski definition) is 2. The molecule has 0 saturated heterocycles. The molecule has 0 radical (unpaired) electrons. The normalized spacial score (nSPS) is 11.6. The van der Waals surface area contributed by atoms with Gasteiger partial charge in [-0.1, -0.05) is 0 Å². The number of carbonyl (C=O) groups is 1. The summed E-state index contributed by atoms with van der Waals surface area (Å²) in [6, 6.07) is 14.1. The Morgan fingerprint density at radius 2 is 1.48 bits per heavy atom. The number of halogens is 4. The van der Waals surface area contributed by atoms with E-state index in [1.165, 1.54) is 36.4 Å². The van der Waals surface area contributed by atoms with E-state index in [0.717, 1.165) is 36.4 Å². The van der Waals surface area contributed by atoms with Gasteiger partial charge in [0.1, 0.15) is 18.2 Å². The highest BCUT2D eigenvalue weighted by molar-refractivity contribution is 7.92. The van der Waals surface area contributed by atoms with Crippen LogP contribution >= 0.6 is 0 Å². The molecule has 0 aliphatic carbocycles. The molecule has 0 aliphatic rings. The maximum Gasteiger partial charge on any atom is 0.416 e. The summed E-state index contributed by atoms with van der Waals surface area (Å²) in [7, 11) is -3.91. The van der Waals surface area contributed by atoms with Crippen molar-refractivity contribution in [3.05, 3.63) is 89.7 Å². The Labute approximate surface area is 187 Å². The van der Waals surface area contributed by atoms with Crippen LogP contribution in [0.3, 0.4) is 0 Å². The van der Waals surface area contributed by atoms with Crippen LogP contribution in [0.15, 0.2) is 77.7 Å². The van der Waals surface area contributed by atoms with E-state index in [0.29, 0.717) is 0 Å². The van der Waals surface area contributed by atoms with Crippen LogP contribution in [0.25, 0.3) is 0 Å². The van der Waals surface area contributed by atoms with E-state index in [4.69, 9.17) is 4.74 Å².